The van der Waals surface area contributed by atoms with E-state index >= 15 is 0 Å². The number of furan rings is 1. The van der Waals surface area contributed by atoms with E-state index in [1.165, 1.54) is 6.33 Å². The Hall–Kier alpha value is -2.60. The van der Waals surface area contributed by atoms with Gasteiger partial charge in [-0.2, -0.15) is 0 Å². The maximum atomic E-state index is 12.1. The summed E-state index contributed by atoms with van der Waals surface area (Å²) in [6.07, 6.45) is 2.08. The van der Waals surface area contributed by atoms with E-state index in [2.05, 4.69) is 20.6 Å². The highest BCUT2D eigenvalue weighted by Gasteiger charge is 2.15. The lowest BCUT2D eigenvalue weighted by molar-refractivity contribution is 0.252. The van der Waals surface area contributed by atoms with E-state index < -0.39 is 0 Å². The SMILES string of the molecule is Cc1oc2ncnc(NC(=O)NCCc3ccc(Cl)cc3)c2c1C. The van der Waals surface area contributed by atoms with Crippen molar-refractivity contribution in [3.63, 3.8) is 0 Å². The van der Waals surface area contributed by atoms with Gasteiger partial charge in [0.2, 0.25) is 5.71 Å². The second kappa shape index (κ2) is 6.88. The number of carbonyl (C=O) groups is 1. The van der Waals surface area contributed by atoms with Crippen LogP contribution in [-0.2, 0) is 6.42 Å². The van der Waals surface area contributed by atoms with Crippen LogP contribution < -0.4 is 10.6 Å². The predicted molar refractivity (Wildman–Crippen MR) is 93.5 cm³/mol. The minimum Gasteiger partial charge on any atom is -0.443 e. The van der Waals surface area contributed by atoms with Crippen LogP contribution in [0.1, 0.15) is 16.9 Å². The van der Waals surface area contributed by atoms with Crippen molar-refractivity contribution in [2.75, 3.05) is 11.9 Å². The molecule has 24 heavy (non-hydrogen) atoms. The molecule has 0 atom stereocenters. The summed E-state index contributed by atoms with van der Waals surface area (Å²) in [4.78, 5) is 20.3. The van der Waals surface area contributed by atoms with Gasteiger partial charge < -0.3 is 9.73 Å². The van der Waals surface area contributed by atoms with Gasteiger partial charge in [-0.3, -0.25) is 5.32 Å². The first-order valence-corrected chi connectivity index (χ1v) is 7.92. The molecule has 0 unspecified atom stereocenters. The van der Waals surface area contributed by atoms with Crippen LogP contribution >= 0.6 is 11.6 Å². The second-order valence-electron chi connectivity index (χ2n) is 5.44. The number of urea groups is 1. The Bertz CT molecular complexity index is 874. The highest BCUT2D eigenvalue weighted by atomic mass is 35.5. The van der Waals surface area contributed by atoms with Gasteiger partial charge in [0.1, 0.15) is 17.9 Å². The quantitative estimate of drug-likeness (QED) is 0.753. The number of halogens is 1. The van der Waals surface area contributed by atoms with Crippen LogP contribution in [0.25, 0.3) is 11.1 Å². The fourth-order valence-electron chi connectivity index (χ4n) is 2.40. The maximum Gasteiger partial charge on any atom is 0.320 e. The Kier molecular flexibility index (Phi) is 4.66. The van der Waals surface area contributed by atoms with Crippen molar-refractivity contribution < 1.29 is 9.21 Å². The van der Waals surface area contributed by atoms with Gasteiger partial charge in [0.05, 0.1) is 5.39 Å². The smallest absolute Gasteiger partial charge is 0.320 e. The first-order chi connectivity index (χ1) is 11.5. The number of aromatic nitrogens is 2. The van der Waals surface area contributed by atoms with Crippen molar-refractivity contribution in [2.24, 2.45) is 0 Å². The number of amides is 2. The van der Waals surface area contributed by atoms with Crippen molar-refractivity contribution >= 4 is 34.5 Å². The summed E-state index contributed by atoms with van der Waals surface area (Å²) in [5.41, 5.74) is 2.49. The van der Waals surface area contributed by atoms with Crippen molar-refractivity contribution in [3.8, 4) is 0 Å². The van der Waals surface area contributed by atoms with Gasteiger partial charge in [0, 0.05) is 17.1 Å². The standard InChI is InChI=1S/C17H17ClN4O2/c1-10-11(2)24-16-14(10)15(20-9-21-16)22-17(23)19-8-7-12-3-5-13(18)6-4-12/h3-6,9H,7-8H2,1-2H3,(H2,19,20,21,22,23). The number of rotatable bonds is 4. The molecule has 124 valence electrons. The molecule has 0 fully saturated rings. The lowest BCUT2D eigenvalue weighted by Gasteiger charge is -2.08. The molecule has 2 N–H and O–H groups in total. The van der Waals surface area contributed by atoms with Crippen LogP contribution in [0.2, 0.25) is 5.02 Å². The van der Waals surface area contributed by atoms with Crippen molar-refractivity contribution in [2.45, 2.75) is 20.3 Å². The summed E-state index contributed by atoms with van der Waals surface area (Å²) in [7, 11) is 0. The average Bonchev–Trinajstić information content (AvgIpc) is 2.85. The van der Waals surface area contributed by atoms with E-state index in [1.807, 2.05) is 38.1 Å². The predicted octanol–water partition coefficient (Wildman–Crippen LogP) is 3.86. The van der Waals surface area contributed by atoms with Gasteiger partial charge in [-0.1, -0.05) is 23.7 Å². The minimum atomic E-state index is -0.317. The summed E-state index contributed by atoms with van der Waals surface area (Å²) < 4.78 is 5.54. The van der Waals surface area contributed by atoms with E-state index in [1.54, 1.807) is 0 Å². The first-order valence-electron chi connectivity index (χ1n) is 7.54. The number of nitrogens with zero attached hydrogens (tertiary/aromatic N) is 2. The molecule has 2 amide bonds. The molecule has 0 saturated carbocycles. The maximum absolute atomic E-state index is 12.1. The number of carbonyl (C=O) groups excluding carboxylic acids is 1. The number of aryl methyl sites for hydroxylation is 2. The highest BCUT2D eigenvalue weighted by molar-refractivity contribution is 6.30. The van der Waals surface area contributed by atoms with Crippen LogP contribution in [0.5, 0.6) is 0 Å². The second-order valence-corrected chi connectivity index (χ2v) is 5.88. The number of benzene rings is 1. The zero-order valence-electron chi connectivity index (χ0n) is 13.4. The molecule has 2 heterocycles. The van der Waals surface area contributed by atoms with E-state index in [9.17, 15) is 4.79 Å². The number of anilines is 1. The zero-order valence-corrected chi connectivity index (χ0v) is 14.1. The van der Waals surface area contributed by atoms with Crippen LogP contribution in [0.3, 0.4) is 0 Å². The molecule has 3 rings (SSSR count). The topological polar surface area (TPSA) is 80.1 Å². The number of fused-ring (bicyclic) bond motifs is 1. The van der Waals surface area contributed by atoms with E-state index in [0.29, 0.717) is 29.5 Å². The lowest BCUT2D eigenvalue weighted by Crippen LogP contribution is -2.30. The Balaban J connectivity index is 1.62. The molecule has 2 aromatic heterocycles. The Morgan fingerprint density at radius 2 is 1.96 bits per heavy atom. The molecule has 1 aromatic carbocycles. The summed E-state index contributed by atoms with van der Waals surface area (Å²) in [6.45, 7) is 4.27. The van der Waals surface area contributed by atoms with E-state index in [-0.39, 0.29) is 6.03 Å². The van der Waals surface area contributed by atoms with Crippen LogP contribution in [0, 0.1) is 13.8 Å². The van der Waals surface area contributed by atoms with Crippen molar-refractivity contribution in [1.82, 2.24) is 15.3 Å². The molecule has 0 spiro atoms. The fraction of sp³-hybridized carbons (Fsp3) is 0.235. The van der Waals surface area contributed by atoms with Crippen molar-refractivity contribution in [1.29, 1.82) is 0 Å². The molecule has 7 heteroatoms. The molecule has 3 aromatic rings. The van der Waals surface area contributed by atoms with Gasteiger partial charge in [0.15, 0.2) is 0 Å². The van der Waals surface area contributed by atoms with Crippen LogP contribution in [0.4, 0.5) is 10.6 Å². The summed E-state index contributed by atoms with van der Waals surface area (Å²) in [6, 6.07) is 7.22. The molecular weight excluding hydrogens is 328 g/mol. The molecule has 0 bridgehead atoms. The molecule has 0 aliphatic carbocycles. The summed E-state index contributed by atoms with van der Waals surface area (Å²) in [5, 5.41) is 6.99. The normalized spacial score (nSPS) is 10.8. The molecule has 0 aliphatic rings. The monoisotopic (exact) mass is 344 g/mol. The molecule has 0 saturated heterocycles. The third-order valence-electron chi connectivity index (χ3n) is 3.81. The summed E-state index contributed by atoms with van der Waals surface area (Å²) in [5.74, 6) is 1.20. The van der Waals surface area contributed by atoms with Gasteiger partial charge >= 0.3 is 6.03 Å². The summed E-state index contributed by atoms with van der Waals surface area (Å²) >= 11 is 5.85. The Morgan fingerprint density at radius 1 is 1.21 bits per heavy atom. The third-order valence-corrected chi connectivity index (χ3v) is 4.06. The van der Waals surface area contributed by atoms with E-state index in [0.717, 1.165) is 22.3 Å². The van der Waals surface area contributed by atoms with Crippen LogP contribution in [-0.4, -0.2) is 22.5 Å². The minimum absolute atomic E-state index is 0.317. The average molecular weight is 345 g/mol. The van der Waals surface area contributed by atoms with Gasteiger partial charge in [-0.25, -0.2) is 14.8 Å². The molecule has 0 radical (unpaired) electrons. The fourth-order valence-corrected chi connectivity index (χ4v) is 2.53. The molecule has 0 aliphatic heterocycles. The largest absolute Gasteiger partial charge is 0.443 e. The zero-order chi connectivity index (χ0) is 17.1. The van der Waals surface area contributed by atoms with Gasteiger partial charge in [-0.15, -0.1) is 0 Å². The lowest BCUT2D eigenvalue weighted by atomic mass is 10.1. The number of nitrogens with one attached hydrogen (secondary N) is 2. The molecular formula is C17H17ClN4O2. The highest BCUT2D eigenvalue weighted by Crippen LogP contribution is 2.27. The Morgan fingerprint density at radius 3 is 2.71 bits per heavy atom. The Labute approximate surface area is 144 Å². The van der Waals surface area contributed by atoms with Gasteiger partial charge in [0.25, 0.3) is 0 Å². The third kappa shape index (κ3) is 3.49. The van der Waals surface area contributed by atoms with Crippen LogP contribution in [0.15, 0.2) is 35.0 Å². The van der Waals surface area contributed by atoms with Gasteiger partial charge in [-0.05, 0) is 38.0 Å². The molecule has 6 nitrogen and oxygen atoms in total. The number of hydrogen-bond acceptors (Lipinski definition) is 4. The van der Waals surface area contributed by atoms with E-state index in [4.69, 9.17) is 16.0 Å². The van der Waals surface area contributed by atoms with Crippen molar-refractivity contribution in [3.05, 3.63) is 52.5 Å². The number of hydrogen-bond donors (Lipinski definition) is 2. The first kappa shape index (κ1) is 16.3.